The summed E-state index contributed by atoms with van der Waals surface area (Å²) in [6, 6.07) is 21.9. The van der Waals surface area contributed by atoms with Gasteiger partial charge >= 0.3 is 18.2 Å². The third-order valence-electron chi connectivity index (χ3n) is 13.3. The summed E-state index contributed by atoms with van der Waals surface area (Å²) >= 11 is 14.6. The first-order valence-electron chi connectivity index (χ1n) is 28.3. The highest BCUT2D eigenvalue weighted by atomic mass is 35.5. The van der Waals surface area contributed by atoms with Crippen LogP contribution in [0.4, 0.5) is 41.2 Å². The largest absolute Gasteiger partial charge is 0.481 e. The lowest BCUT2D eigenvalue weighted by molar-refractivity contribution is -0.169. The van der Waals surface area contributed by atoms with E-state index >= 15 is 0 Å². The number of carboxylic acids is 1. The molecule has 0 unspecified atom stereocenters. The number of rotatable bonds is 10. The Morgan fingerprint density at radius 2 is 1.09 bits per heavy atom. The summed E-state index contributed by atoms with van der Waals surface area (Å²) < 4.78 is 38.8. The average Bonchev–Trinajstić information content (AvgIpc) is 3.65. The number of hydrogen-bond donors (Lipinski definition) is 5. The second kappa shape index (κ2) is 37.1. The molecule has 22 nitrogen and oxygen atoms in total. The Bertz CT molecular complexity index is 3030. The Balaban J connectivity index is 0.000000290. The van der Waals surface area contributed by atoms with E-state index in [2.05, 4.69) is 121 Å². The summed E-state index contributed by atoms with van der Waals surface area (Å²) in [5.41, 5.74) is 9.07. The normalized spacial score (nSPS) is 14.5. The molecule has 5 aromatic heterocycles. The molecule has 476 valence electrons. The number of Topliss-reactive ketones (excluding diaryl/α,β-unsaturated/α-hetero) is 1. The van der Waals surface area contributed by atoms with Gasteiger partial charge in [0.25, 0.3) is 5.78 Å². The van der Waals surface area contributed by atoms with Gasteiger partial charge in [0, 0.05) is 56.6 Å². The third-order valence-corrected chi connectivity index (χ3v) is 13.9. The van der Waals surface area contributed by atoms with Gasteiger partial charge in [-0.3, -0.25) is 19.2 Å². The number of likely N-dealkylation sites (tertiary alicyclic amines) is 1. The summed E-state index contributed by atoms with van der Waals surface area (Å²) in [6.45, 7) is 22.4. The Morgan fingerprint density at radius 1 is 0.648 bits per heavy atom. The number of carbonyl (C=O) groups is 5. The number of nitrogens with one attached hydrogen (secondary N) is 3. The van der Waals surface area contributed by atoms with Crippen molar-refractivity contribution in [2.45, 2.75) is 135 Å². The Labute approximate surface area is 526 Å². The first-order chi connectivity index (χ1) is 41.4. The highest BCUT2D eigenvalue weighted by Gasteiger charge is 2.42. The van der Waals surface area contributed by atoms with Crippen LogP contribution in [0.25, 0.3) is 0 Å². The molecular weight excluding hydrogens is 1210 g/mol. The molecule has 3 fully saturated rings. The van der Waals surface area contributed by atoms with E-state index < -0.39 is 28.4 Å². The van der Waals surface area contributed by atoms with Crippen molar-refractivity contribution in [2.24, 2.45) is 17.8 Å². The number of carbonyl (C=O) groups excluding carboxylic acids is 4. The van der Waals surface area contributed by atoms with Crippen molar-refractivity contribution in [3.8, 4) is 12.1 Å². The van der Waals surface area contributed by atoms with Crippen LogP contribution in [0.3, 0.4) is 0 Å². The van der Waals surface area contributed by atoms with Crippen molar-refractivity contribution in [3.63, 3.8) is 0 Å². The second-order valence-corrected chi connectivity index (χ2v) is 23.7. The summed E-state index contributed by atoms with van der Waals surface area (Å²) in [4.78, 5) is 70.9. The monoisotopic (exact) mass is 1280 g/mol. The van der Waals surface area contributed by atoms with Gasteiger partial charge in [0.15, 0.2) is 27.2 Å². The van der Waals surface area contributed by atoms with Gasteiger partial charge in [0.1, 0.15) is 35.2 Å². The lowest BCUT2D eigenvalue weighted by Gasteiger charge is -2.32. The minimum Gasteiger partial charge on any atom is -0.481 e. The molecule has 0 radical (unpaired) electrons. The maximum absolute atomic E-state index is 12.5. The van der Waals surface area contributed by atoms with Crippen LogP contribution in [0.1, 0.15) is 147 Å². The van der Waals surface area contributed by atoms with Crippen LogP contribution in [0.15, 0.2) is 79.3 Å². The topological polar surface area (TPSA) is 321 Å². The maximum Gasteiger partial charge on any atom is 0.452 e. The van der Waals surface area contributed by atoms with Crippen molar-refractivity contribution in [1.29, 1.82) is 10.5 Å². The van der Waals surface area contributed by atoms with Crippen LogP contribution in [-0.4, -0.2) is 131 Å². The number of nitrogens with two attached hydrogens (primary N) is 1. The fraction of sp³-hybridized carbons (Fsp3) is 0.500. The van der Waals surface area contributed by atoms with E-state index in [-0.39, 0.29) is 41.4 Å². The van der Waals surface area contributed by atoms with Gasteiger partial charge in [-0.1, -0.05) is 94.5 Å². The van der Waals surface area contributed by atoms with Gasteiger partial charge in [-0.25, -0.2) is 19.7 Å². The lowest BCUT2D eigenvalue weighted by Crippen LogP contribution is -2.42. The molecule has 6 N–H and O–H groups in total. The van der Waals surface area contributed by atoms with Gasteiger partial charge in [-0.2, -0.15) is 23.7 Å². The van der Waals surface area contributed by atoms with Crippen molar-refractivity contribution >= 4 is 87.7 Å². The molecule has 0 bridgehead atoms. The smallest absolute Gasteiger partial charge is 0.452 e. The number of halogens is 6. The number of amides is 3. The molecule has 28 heteroatoms. The minimum absolute atomic E-state index is 0.0142. The lowest BCUT2D eigenvalue weighted by atomic mass is 9.96. The highest BCUT2D eigenvalue weighted by Crippen LogP contribution is 2.25. The molecule has 0 aliphatic carbocycles. The molecule has 3 saturated heterocycles. The number of pyridine rings is 3. The fourth-order valence-corrected chi connectivity index (χ4v) is 8.35. The number of carboxylic acid groups (broad SMARTS) is 1. The van der Waals surface area contributed by atoms with Crippen molar-refractivity contribution in [1.82, 2.24) is 45.6 Å². The molecule has 3 aliphatic heterocycles. The van der Waals surface area contributed by atoms with Crippen molar-refractivity contribution < 1.29 is 47.0 Å². The number of ether oxygens (including phenoxy) is 1. The van der Waals surface area contributed by atoms with Crippen LogP contribution >= 0.6 is 34.8 Å². The summed E-state index contributed by atoms with van der Waals surface area (Å²) in [6.07, 6.45) is 4.53. The number of hydrogen-bond acceptors (Lipinski definition) is 18. The van der Waals surface area contributed by atoms with Crippen LogP contribution in [-0.2, 0) is 23.9 Å². The molecule has 0 atom stereocenters. The van der Waals surface area contributed by atoms with Crippen LogP contribution in [0.5, 0.6) is 0 Å². The zero-order valence-corrected chi connectivity index (χ0v) is 53.0. The second-order valence-electron chi connectivity index (χ2n) is 22.2. The summed E-state index contributed by atoms with van der Waals surface area (Å²) in [5.74, 6) is 0.972. The summed E-state index contributed by atoms with van der Waals surface area (Å²) in [5, 5.41) is 50.0. The van der Waals surface area contributed by atoms with Gasteiger partial charge in [0.2, 0.25) is 11.8 Å². The maximum atomic E-state index is 12.5. The standard InChI is InChI=1S/C19H22N6O.C14H21N3O.C11H19NO4.C8H12N2.C5H2ClN3.C3HCl2F3O/c1-13(2)15-3-5-17(21-12-15)22-19(26)14-7-9-25(10-8-14)18-6-4-16(11-20)23-24-18;1-10(2)12-3-4-13(16-9-12)17-14(18)11-5-7-15-8-6-11;1-11(2,3)16-10(15)12-6-4-8(5-7-12)9(13)14;1-6(2)7-3-4-8(9)10-5-7;6-5-2-1-4(3-7)8-9-5;4-2(5)1(9)3(6,7)8/h3-6,12-14H,7-10H2,1-2H3,(H,21,22,26);3-4,9-11,15H,5-8H2,1-2H3,(H,16,17,18);8H,4-7H2,1-3H3,(H,13,14);3-6H,1-2H3,(H2,9,10);1-2H;2H. The number of ketones is 1. The molecule has 8 rings (SSSR count). The molecule has 0 spiro atoms. The zero-order valence-electron chi connectivity index (χ0n) is 50.7. The molecule has 3 amide bonds. The molecule has 3 aliphatic rings. The molecular formula is C60H77Cl3F3N15O7. The van der Waals surface area contributed by atoms with Crippen LogP contribution < -0.4 is 26.6 Å². The number of piperidine rings is 3. The van der Waals surface area contributed by atoms with Gasteiger partial charge in [0.05, 0.1) is 5.92 Å². The number of aromatic nitrogens is 7. The molecule has 0 aromatic carbocycles. The molecule has 5 aromatic rings. The number of nitrogen functional groups attached to an aromatic ring is 1. The Kier molecular flexibility index (Phi) is 31.4. The van der Waals surface area contributed by atoms with E-state index in [4.69, 9.17) is 37.7 Å². The Morgan fingerprint density at radius 3 is 1.43 bits per heavy atom. The zero-order chi connectivity index (χ0) is 65.7. The number of alkyl halides is 5. The van der Waals surface area contributed by atoms with Crippen LogP contribution in [0.2, 0.25) is 5.15 Å². The van der Waals surface area contributed by atoms with Crippen molar-refractivity contribution in [2.75, 3.05) is 60.5 Å². The van der Waals surface area contributed by atoms with E-state index in [1.54, 1.807) is 17.0 Å². The number of nitriles is 2. The number of nitrogens with zero attached hydrogens (tertiary/aromatic N) is 11. The summed E-state index contributed by atoms with van der Waals surface area (Å²) in [7, 11) is 0. The first kappa shape index (κ1) is 74.4. The minimum atomic E-state index is -4.92. The predicted octanol–water partition coefficient (Wildman–Crippen LogP) is 11.3. The third kappa shape index (κ3) is 27.9. The highest BCUT2D eigenvalue weighted by molar-refractivity contribution is 6.54. The molecule has 88 heavy (non-hydrogen) atoms. The first-order valence-corrected chi connectivity index (χ1v) is 29.6. The van der Waals surface area contributed by atoms with Gasteiger partial charge in [-0.05, 0) is 149 Å². The van der Waals surface area contributed by atoms with Crippen LogP contribution in [0, 0.1) is 40.4 Å². The molecule has 0 saturated carbocycles. The van der Waals surface area contributed by atoms with E-state index in [0.29, 0.717) is 72.0 Å². The van der Waals surface area contributed by atoms with E-state index in [9.17, 15) is 37.1 Å². The Hall–Kier alpha value is -7.84. The SMILES string of the molecule is CC(C)(C)OC(=O)N1CCC(C(=O)O)CC1.CC(C)c1ccc(N)nc1.CC(C)c1ccc(NC(=O)C2CCN(c3ccc(C#N)nn3)CC2)nc1.CC(C)c1ccc(NC(=O)C2CCNCC2)nc1.N#Cc1ccc(Cl)nn1.O=C(C(Cl)Cl)C(F)(F)F. The fourth-order valence-electron chi connectivity index (χ4n) is 8.00. The average molecular weight is 1280 g/mol. The number of anilines is 4. The van der Waals surface area contributed by atoms with Crippen molar-refractivity contribution in [3.05, 3.63) is 112 Å². The van der Waals surface area contributed by atoms with Gasteiger partial charge in [-0.15, -0.1) is 20.4 Å². The predicted molar refractivity (Wildman–Crippen MR) is 330 cm³/mol. The van der Waals surface area contributed by atoms with E-state index in [1.807, 2.05) is 87.9 Å². The van der Waals surface area contributed by atoms with E-state index in [1.165, 1.54) is 23.3 Å². The van der Waals surface area contributed by atoms with Gasteiger partial charge < -0.3 is 41.3 Å². The number of aliphatic carboxylic acids is 1. The molecule has 8 heterocycles. The van der Waals surface area contributed by atoms with E-state index in [0.717, 1.165) is 63.2 Å². The quantitative estimate of drug-likeness (QED) is 0.0811.